The summed E-state index contributed by atoms with van der Waals surface area (Å²) in [6, 6.07) is 10.2. The first-order chi connectivity index (χ1) is 8.70. The minimum atomic E-state index is -0.637. The van der Waals surface area contributed by atoms with Crippen molar-refractivity contribution in [3.05, 3.63) is 45.1 Å². The highest BCUT2D eigenvalue weighted by Gasteiger charge is 2.11. The van der Waals surface area contributed by atoms with Gasteiger partial charge in [0.1, 0.15) is 13.1 Å². The van der Waals surface area contributed by atoms with E-state index >= 15 is 0 Å². The van der Waals surface area contributed by atoms with Crippen LogP contribution < -0.4 is 11.2 Å². The Bertz CT molecular complexity index is 802. The number of hydrogen-bond acceptors (Lipinski definition) is 4. The Labute approximate surface area is 102 Å². The van der Waals surface area contributed by atoms with Gasteiger partial charge in [-0.15, -0.1) is 0 Å². The Morgan fingerprint density at radius 1 is 1.00 bits per heavy atom. The summed E-state index contributed by atoms with van der Waals surface area (Å²) in [6.45, 7) is -0.487. The Hall–Kier alpha value is -2.86. The fraction of sp³-hybridized carbons (Fsp3) is 0.167. The molecule has 0 radical (unpaired) electrons. The Balaban J connectivity index is 2.99. The SMILES string of the molecule is N#CCn1c(=O)c2ccccc2n(CC#N)c1=O. The van der Waals surface area contributed by atoms with Gasteiger partial charge in [0.05, 0.1) is 23.0 Å². The molecule has 0 saturated heterocycles. The number of benzene rings is 1. The van der Waals surface area contributed by atoms with Gasteiger partial charge in [-0.1, -0.05) is 12.1 Å². The lowest BCUT2D eigenvalue weighted by molar-refractivity contribution is 0.657. The molecule has 0 bridgehead atoms. The number of hydrogen-bond donors (Lipinski definition) is 0. The van der Waals surface area contributed by atoms with Gasteiger partial charge in [-0.2, -0.15) is 10.5 Å². The summed E-state index contributed by atoms with van der Waals surface area (Å²) >= 11 is 0. The van der Waals surface area contributed by atoms with Gasteiger partial charge in [0.2, 0.25) is 0 Å². The van der Waals surface area contributed by atoms with Crippen LogP contribution in [-0.4, -0.2) is 9.13 Å². The van der Waals surface area contributed by atoms with Crippen molar-refractivity contribution in [1.82, 2.24) is 9.13 Å². The molecule has 0 unspecified atom stereocenters. The molecule has 0 amide bonds. The lowest BCUT2D eigenvalue weighted by atomic mass is 10.2. The summed E-state index contributed by atoms with van der Waals surface area (Å²) in [6.07, 6.45) is 0. The lowest BCUT2D eigenvalue weighted by Gasteiger charge is -2.09. The van der Waals surface area contributed by atoms with E-state index in [0.29, 0.717) is 10.9 Å². The van der Waals surface area contributed by atoms with Crippen molar-refractivity contribution in [3.8, 4) is 12.1 Å². The van der Waals surface area contributed by atoms with Crippen molar-refractivity contribution < 1.29 is 0 Å². The molecule has 6 heteroatoms. The Kier molecular flexibility index (Phi) is 2.94. The molecule has 0 aliphatic rings. The van der Waals surface area contributed by atoms with E-state index in [0.717, 1.165) is 4.57 Å². The van der Waals surface area contributed by atoms with Gasteiger partial charge in [0, 0.05) is 0 Å². The van der Waals surface area contributed by atoms with Crippen LogP contribution in [0.15, 0.2) is 33.9 Å². The van der Waals surface area contributed by atoms with Crippen LogP contribution in [0, 0.1) is 22.7 Å². The second kappa shape index (κ2) is 4.56. The molecule has 1 heterocycles. The third-order valence-corrected chi connectivity index (χ3v) is 2.59. The zero-order valence-electron chi connectivity index (χ0n) is 9.33. The van der Waals surface area contributed by atoms with E-state index < -0.39 is 11.2 Å². The van der Waals surface area contributed by atoms with E-state index in [1.807, 2.05) is 6.07 Å². The van der Waals surface area contributed by atoms with E-state index in [4.69, 9.17) is 10.5 Å². The summed E-state index contributed by atoms with van der Waals surface area (Å²) < 4.78 is 2.02. The molecule has 0 aliphatic carbocycles. The van der Waals surface area contributed by atoms with Crippen molar-refractivity contribution in [2.75, 3.05) is 0 Å². The van der Waals surface area contributed by atoms with Gasteiger partial charge >= 0.3 is 5.69 Å². The second-order valence-corrected chi connectivity index (χ2v) is 3.59. The molecule has 0 N–H and O–H groups in total. The van der Waals surface area contributed by atoms with Crippen LogP contribution in [0.1, 0.15) is 0 Å². The normalized spacial score (nSPS) is 9.89. The fourth-order valence-corrected chi connectivity index (χ4v) is 1.80. The summed E-state index contributed by atoms with van der Waals surface area (Å²) in [5, 5.41) is 17.7. The fourth-order valence-electron chi connectivity index (χ4n) is 1.80. The van der Waals surface area contributed by atoms with Crippen LogP contribution in [0.5, 0.6) is 0 Å². The number of nitrogens with zero attached hydrogens (tertiary/aromatic N) is 4. The van der Waals surface area contributed by atoms with Crippen LogP contribution in [0.2, 0.25) is 0 Å². The number of nitriles is 2. The standard InChI is InChI=1S/C12H8N4O2/c13-5-7-15-10-4-2-1-3-9(10)11(17)16(8-6-14)12(15)18/h1-4H,7-8H2. The minimum absolute atomic E-state index is 0.162. The zero-order valence-corrected chi connectivity index (χ0v) is 9.33. The average molecular weight is 240 g/mol. The molecule has 0 aliphatic heterocycles. The van der Waals surface area contributed by atoms with Gasteiger partial charge in [-0.3, -0.25) is 9.36 Å². The van der Waals surface area contributed by atoms with Crippen LogP contribution in [0.3, 0.4) is 0 Å². The molecule has 0 fully saturated rings. The maximum Gasteiger partial charge on any atom is 0.333 e. The van der Waals surface area contributed by atoms with Gasteiger partial charge in [-0.25, -0.2) is 9.36 Å². The molecule has 6 nitrogen and oxygen atoms in total. The second-order valence-electron chi connectivity index (χ2n) is 3.59. The molecule has 2 aromatic rings. The molecule has 0 spiro atoms. The van der Waals surface area contributed by atoms with Crippen molar-refractivity contribution in [1.29, 1.82) is 10.5 Å². The third-order valence-electron chi connectivity index (χ3n) is 2.59. The van der Waals surface area contributed by atoms with Crippen LogP contribution >= 0.6 is 0 Å². The van der Waals surface area contributed by atoms with Gasteiger partial charge in [0.15, 0.2) is 0 Å². The number of fused-ring (bicyclic) bond motifs is 1. The van der Waals surface area contributed by atoms with E-state index in [1.165, 1.54) is 4.57 Å². The zero-order chi connectivity index (χ0) is 13.1. The van der Waals surface area contributed by atoms with Gasteiger partial charge in [0.25, 0.3) is 5.56 Å². The minimum Gasteiger partial charge on any atom is -0.279 e. The van der Waals surface area contributed by atoms with Crippen molar-refractivity contribution in [3.63, 3.8) is 0 Å². The first kappa shape index (κ1) is 11.6. The van der Waals surface area contributed by atoms with Gasteiger partial charge in [-0.05, 0) is 12.1 Å². The highest BCUT2D eigenvalue weighted by Crippen LogP contribution is 2.06. The predicted octanol–water partition coefficient (Wildman–Crippen LogP) is 0.210. The maximum absolute atomic E-state index is 12.0. The molecule has 18 heavy (non-hydrogen) atoms. The van der Waals surface area contributed by atoms with Crippen LogP contribution in [-0.2, 0) is 13.1 Å². The van der Waals surface area contributed by atoms with Crippen LogP contribution in [0.4, 0.5) is 0 Å². The Morgan fingerprint density at radius 3 is 2.28 bits per heavy atom. The van der Waals surface area contributed by atoms with Crippen molar-refractivity contribution in [2.24, 2.45) is 0 Å². The number of aromatic nitrogens is 2. The number of para-hydroxylation sites is 1. The van der Waals surface area contributed by atoms with E-state index in [-0.39, 0.29) is 13.1 Å². The monoisotopic (exact) mass is 240 g/mol. The van der Waals surface area contributed by atoms with E-state index in [2.05, 4.69) is 0 Å². The van der Waals surface area contributed by atoms with E-state index in [1.54, 1.807) is 30.3 Å². The first-order valence-corrected chi connectivity index (χ1v) is 5.17. The van der Waals surface area contributed by atoms with Crippen molar-refractivity contribution >= 4 is 10.9 Å². The predicted molar refractivity (Wildman–Crippen MR) is 63.7 cm³/mol. The summed E-state index contributed by atoms with van der Waals surface area (Å²) in [5.74, 6) is 0. The molecular formula is C12H8N4O2. The highest BCUT2D eigenvalue weighted by atomic mass is 16.2. The van der Waals surface area contributed by atoms with E-state index in [9.17, 15) is 9.59 Å². The smallest absolute Gasteiger partial charge is 0.279 e. The van der Waals surface area contributed by atoms with Crippen LogP contribution in [0.25, 0.3) is 10.9 Å². The quantitative estimate of drug-likeness (QED) is 0.750. The van der Waals surface area contributed by atoms with Crippen molar-refractivity contribution in [2.45, 2.75) is 13.1 Å². The summed E-state index contributed by atoms with van der Waals surface area (Å²) in [7, 11) is 0. The summed E-state index contributed by atoms with van der Waals surface area (Å²) in [4.78, 5) is 24.0. The Morgan fingerprint density at radius 2 is 1.61 bits per heavy atom. The molecule has 0 saturated carbocycles. The number of rotatable bonds is 2. The molecule has 88 valence electrons. The topological polar surface area (TPSA) is 91.6 Å². The molecule has 1 aromatic heterocycles. The maximum atomic E-state index is 12.0. The molecule has 1 aromatic carbocycles. The highest BCUT2D eigenvalue weighted by molar-refractivity contribution is 5.77. The molecule has 2 rings (SSSR count). The summed E-state index contributed by atoms with van der Waals surface area (Å²) in [5.41, 5.74) is -0.739. The average Bonchev–Trinajstić information content (AvgIpc) is 2.39. The largest absolute Gasteiger partial charge is 0.333 e. The lowest BCUT2D eigenvalue weighted by Crippen LogP contribution is -2.39. The third kappa shape index (κ3) is 1.66. The first-order valence-electron chi connectivity index (χ1n) is 5.17. The van der Waals surface area contributed by atoms with Gasteiger partial charge < -0.3 is 0 Å². The molecular weight excluding hydrogens is 232 g/mol. The molecule has 0 atom stereocenters.